The van der Waals surface area contributed by atoms with Gasteiger partial charge in [0.05, 0.1) is 23.7 Å². The first-order valence-corrected chi connectivity index (χ1v) is 13.6. The van der Waals surface area contributed by atoms with Crippen molar-refractivity contribution in [1.29, 1.82) is 0 Å². The van der Waals surface area contributed by atoms with Crippen molar-refractivity contribution >= 4 is 37.5 Å². The van der Waals surface area contributed by atoms with Crippen LogP contribution in [0.4, 0.5) is 5.69 Å². The van der Waals surface area contributed by atoms with E-state index in [0.29, 0.717) is 18.0 Å². The number of ether oxygens (including phenoxy) is 1. The fourth-order valence-corrected chi connectivity index (χ4v) is 5.40. The molecule has 0 unspecified atom stereocenters. The van der Waals surface area contributed by atoms with Crippen LogP contribution in [-0.2, 0) is 14.8 Å². The van der Waals surface area contributed by atoms with Gasteiger partial charge in [-0.15, -0.1) is 0 Å². The molecule has 8 heteroatoms. The Morgan fingerprint density at radius 1 is 0.971 bits per heavy atom. The minimum Gasteiger partial charge on any atom is -0.497 e. The third-order valence-electron chi connectivity index (χ3n) is 5.57. The van der Waals surface area contributed by atoms with Crippen LogP contribution in [0.25, 0.3) is 0 Å². The summed E-state index contributed by atoms with van der Waals surface area (Å²) in [6, 6.07) is 20.8. The molecule has 35 heavy (non-hydrogen) atoms. The molecule has 3 rings (SSSR count). The number of benzene rings is 3. The second-order valence-electron chi connectivity index (χ2n) is 8.82. The largest absolute Gasteiger partial charge is 0.497 e. The Balaban J connectivity index is 1.91. The molecule has 0 aliphatic carbocycles. The van der Waals surface area contributed by atoms with Crippen LogP contribution < -0.4 is 14.4 Å². The van der Waals surface area contributed by atoms with E-state index in [-0.39, 0.29) is 23.4 Å². The quantitative estimate of drug-likeness (QED) is 0.338. The maximum absolute atomic E-state index is 13.6. The van der Waals surface area contributed by atoms with Gasteiger partial charge in [0, 0.05) is 4.47 Å². The maximum atomic E-state index is 13.6. The Kier molecular flexibility index (Phi) is 8.97. The standard InChI is InChI=1S/C27H31BrN2O4S/c1-19(2)17-26(21-7-13-24(34-4)14-8-21)29-27(31)18-30(23-11-9-22(28)10-12-23)35(32,33)25-15-5-20(3)6-16-25/h5-16,19,26H,17-18H2,1-4H3,(H,29,31)/t26-/m1/s1. The van der Waals surface area contributed by atoms with Gasteiger partial charge in [0.25, 0.3) is 10.0 Å². The van der Waals surface area contributed by atoms with Crippen LogP contribution in [0.1, 0.15) is 37.4 Å². The molecule has 1 amide bonds. The number of hydrogen-bond donors (Lipinski definition) is 1. The molecular weight excluding hydrogens is 528 g/mol. The van der Waals surface area contributed by atoms with E-state index in [4.69, 9.17) is 4.74 Å². The number of hydrogen-bond acceptors (Lipinski definition) is 4. The molecule has 3 aromatic carbocycles. The van der Waals surface area contributed by atoms with Gasteiger partial charge in [-0.2, -0.15) is 0 Å². The molecule has 1 atom stereocenters. The number of rotatable bonds is 10. The van der Waals surface area contributed by atoms with E-state index in [0.717, 1.165) is 25.7 Å². The van der Waals surface area contributed by atoms with Gasteiger partial charge in [-0.25, -0.2) is 8.42 Å². The summed E-state index contributed by atoms with van der Waals surface area (Å²) in [5.74, 6) is 0.667. The summed E-state index contributed by atoms with van der Waals surface area (Å²) in [4.78, 5) is 13.4. The van der Waals surface area contributed by atoms with Crippen LogP contribution in [-0.4, -0.2) is 28.0 Å². The highest BCUT2D eigenvalue weighted by Crippen LogP contribution is 2.27. The summed E-state index contributed by atoms with van der Waals surface area (Å²) in [5, 5.41) is 3.05. The molecule has 186 valence electrons. The molecule has 0 aromatic heterocycles. The topological polar surface area (TPSA) is 75.7 Å². The predicted octanol–water partition coefficient (Wildman–Crippen LogP) is 5.87. The summed E-state index contributed by atoms with van der Waals surface area (Å²) < 4.78 is 34.4. The zero-order valence-electron chi connectivity index (χ0n) is 20.4. The van der Waals surface area contributed by atoms with E-state index >= 15 is 0 Å². The molecule has 1 N–H and O–H groups in total. The lowest BCUT2D eigenvalue weighted by atomic mass is 9.97. The minimum absolute atomic E-state index is 0.132. The Hall–Kier alpha value is -2.84. The van der Waals surface area contributed by atoms with Crippen molar-refractivity contribution in [1.82, 2.24) is 5.32 Å². The minimum atomic E-state index is -3.97. The average molecular weight is 560 g/mol. The summed E-state index contributed by atoms with van der Waals surface area (Å²) in [5.41, 5.74) is 2.30. The molecule has 0 aliphatic heterocycles. The first-order valence-electron chi connectivity index (χ1n) is 11.4. The van der Waals surface area contributed by atoms with E-state index in [1.807, 2.05) is 31.2 Å². The first-order chi connectivity index (χ1) is 16.6. The summed E-state index contributed by atoms with van der Waals surface area (Å²) >= 11 is 3.38. The van der Waals surface area contributed by atoms with Crippen LogP contribution in [0.3, 0.4) is 0 Å². The summed E-state index contributed by atoms with van der Waals surface area (Å²) in [7, 11) is -2.37. The molecule has 6 nitrogen and oxygen atoms in total. The number of sulfonamides is 1. The number of carbonyl (C=O) groups is 1. The number of methoxy groups -OCH3 is 1. The van der Waals surface area contributed by atoms with Crippen LogP contribution in [0.15, 0.2) is 82.2 Å². The van der Waals surface area contributed by atoms with Crippen molar-refractivity contribution in [2.45, 2.75) is 38.1 Å². The van der Waals surface area contributed by atoms with Crippen molar-refractivity contribution in [3.63, 3.8) is 0 Å². The third kappa shape index (κ3) is 7.08. The predicted molar refractivity (Wildman–Crippen MR) is 143 cm³/mol. The number of carbonyl (C=O) groups excluding carboxylic acids is 1. The molecule has 3 aromatic rings. The first kappa shape index (κ1) is 26.8. The van der Waals surface area contributed by atoms with Gasteiger partial charge in [-0.1, -0.05) is 59.6 Å². The highest BCUT2D eigenvalue weighted by Gasteiger charge is 2.28. The maximum Gasteiger partial charge on any atom is 0.264 e. The summed E-state index contributed by atoms with van der Waals surface area (Å²) in [6.45, 7) is 5.71. The molecule has 0 bridgehead atoms. The number of anilines is 1. The Bertz CT molecular complexity index is 1230. The fraction of sp³-hybridized carbons (Fsp3) is 0.296. The third-order valence-corrected chi connectivity index (χ3v) is 7.89. The van der Waals surface area contributed by atoms with E-state index < -0.39 is 10.0 Å². The Labute approximate surface area is 216 Å². The van der Waals surface area contributed by atoms with E-state index in [1.54, 1.807) is 55.6 Å². The van der Waals surface area contributed by atoms with Gasteiger partial charge in [0.2, 0.25) is 5.91 Å². The van der Waals surface area contributed by atoms with Crippen molar-refractivity contribution in [3.05, 3.63) is 88.4 Å². The molecule has 0 aliphatic rings. The lowest BCUT2D eigenvalue weighted by molar-refractivity contribution is -0.120. The normalized spacial score (nSPS) is 12.3. The van der Waals surface area contributed by atoms with Crippen molar-refractivity contribution in [3.8, 4) is 5.75 Å². The number of amides is 1. The van der Waals surface area contributed by atoms with Crippen molar-refractivity contribution in [2.75, 3.05) is 18.0 Å². The van der Waals surface area contributed by atoms with E-state index in [1.165, 1.54) is 0 Å². The lowest BCUT2D eigenvalue weighted by Crippen LogP contribution is -2.42. The number of aryl methyl sites for hydroxylation is 1. The number of nitrogens with one attached hydrogen (secondary N) is 1. The van der Waals surface area contributed by atoms with E-state index in [2.05, 4.69) is 35.1 Å². The monoisotopic (exact) mass is 558 g/mol. The number of halogens is 1. The average Bonchev–Trinajstić information content (AvgIpc) is 2.83. The molecular formula is C27H31BrN2O4S. The highest BCUT2D eigenvalue weighted by molar-refractivity contribution is 9.10. The number of nitrogens with zero attached hydrogens (tertiary/aromatic N) is 1. The summed E-state index contributed by atoms with van der Waals surface area (Å²) in [6.07, 6.45) is 0.709. The second-order valence-corrected chi connectivity index (χ2v) is 11.6. The van der Waals surface area contributed by atoms with Gasteiger partial charge < -0.3 is 10.1 Å². The smallest absolute Gasteiger partial charge is 0.264 e. The van der Waals surface area contributed by atoms with Crippen LogP contribution >= 0.6 is 15.9 Å². The van der Waals surface area contributed by atoms with Gasteiger partial charge >= 0.3 is 0 Å². The zero-order valence-corrected chi connectivity index (χ0v) is 22.8. The van der Waals surface area contributed by atoms with Gasteiger partial charge in [0.15, 0.2) is 0 Å². The van der Waals surface area contributed by atoms with Crippen LogP contribution in [0.5, 0.6) is 5.75 Å². The second kappa shape index (κ2) is 11.7. The molecule has 0 radical (unpaired) electrons. The molecule has 0 heterocycles. The SMILES string of the molecule is COc1ccc([C@@H](CC(C)C)NC(=O)CN(c2ccc(Br)cc2)S(=O)(=O)c2ccc(C)cc2)cc1. The van der Waals surface area contributed by atoms with Crippen LogP contribution in [0.2, 0.25) is 0 Å². The molecule has 0 saturated heterocycles. The zero-order chi connectivity index (χ0) is 25.6. The van der Waals surface area contributed by atoms with Gasteiger partial charge in [0.1, 0.15) is 12.3 Å². The van der Waals surface area contributed by atoms with E-state index in [9.17, 15) is 13.2 Å². The lowest BCUT2D eigenvalue weighted by Gasteiger charge is -2.27. The highest BCUT2D eigenvalue weighted by atomic mass is 79.9. The molecule has 0 fully saturated rings. The van der Waals surface area contributed by atoms with Crippen LogP contribution in [0, 0.1) is 12.8 Å². The van der Waals surface area contributed by atoms with Gasteiger partial charge in [-0.05, 0) is 73.4 Å². The Morgan fingerprint density at radius 2 is 1.57 bits per heavy atom. The Morgan fingerprint density at radius 3 is 2.11 bits per heavy atom. The van der Waals surface area contributed by atoms with Crippen molar-refractivity contribution < 1.29 is 17.9 Å². The molecule has 0 saturated carbocycles. The molecule has 0 spiro atoms. The fourth-order valence-electron chi connectivity index (χ4n) is 3.72. The van der Waals surface area contributed by atoms with Gasteiger partial charge in [-0.3, -0.25) is 9.10 Å². The van der Waals surface area contributed by atoms with Crippen molar-refractivity contribution in [2.24, 2.45) is 5.92 Å².